The van der Waals surface area contributed by atoms with E-state index in [0.717, 1.165) is 0 Å². The molecule has 1 aliphatic carbocycles. The summed E-state index contributed by atoms with van der Waals surface area (Å²) in [5, 5.41) is 21.8. The maximum atomic E-state index is 12.6. The second-order valence-corrected chi connectivity index (χ2v) is 9.81. The molecule has 3 aliphatic rings. The molecule has 0 spiro atoms. The van der Waals surface area contributed by atoms with Gasteiger partial charge in [0.25, 0.3) is 0 Å². The zero-order valence-corrected chi connectivity index (χ0v) is 19.8. The smallest absolute Gasteiger partial charge is 0.489 e. The number of carbonyl (C=O) groups is 1. The molecule has 5 rings (SSSR count). The summed E-state index contributed by atoms with van der Waals surface area (Å²) < 4.78 is 58.1. The summed E-state index contributed by atoms with van der Waals surface area (Å²) in [4.78, 5) is 12.6. The van der Waals surface area contributed by atoms with Crippen LogP contribution in [-0.2, 0) is 14.3 Å². The molecule has 2 aromatic rings. The summed E-state index contributed by atoms with van der Waals surface area (Å²) in [6, 6.07) is 4.80. The molecule has 4 atom stereocenters. The topological polar surface area (TPSA) is 116 Å². The maximum Gasteiger partial charge on any atom is 0.522 e. The summed E-state index contributed by atoms with van der Waals surface area (Å²) in [6.07, 6.45) is -5.34. The van der Waals surface area contributed by atoms with Gasteiger partial charge in [-0.15, -0.1) is 23.4 Å². The lowest BCUT2D eigenvalue weighted by Crippen LogP contribution is -2.43. The molecule has 1 aromatic carbocycles. The first-order valence-corrected chi connectivity index (χ1v) is 12.1. The molecule has 3 heterocycles. The lowest BCUT2D eigenvalue weighted by Gasteiger charge is -2.33. The Labute approximate surface area is 209 Å². The number of nitrogens with one attached hydrogen (secondary N) is 1. The average molecular weight is 532 g/mol. The minimum absolute atomic E-state index is 0.0898. The molecular weight excluding hydrogens is 507 g/mol. The zero-order valence-electron chi connectivity index (χ0n) is 19.0. The van der Waals surface area contributed by atoms with Gasteiger partial charge in [0.05, 0.1) is 31.3 Å². The molecule has 0 radical (unpaired) electrons. The maximum absolute atomic E-state index is 12.6. The molecule has 2 aliphatic heterocycles. The van der Waals surface area contributed by atoms with Gasteiger partial charge in [0.15, 0.2) is 0 Å². The lowest BCUT2D eigenvalue weighted by atomic mass is 9.82. The first kappa shape index (κ1) is 25.2. The third-order valence-electron chi connectivity index (χ3n) is 6.64. The molecule has 36 heavy (non-hydrogen) atoms. The van der Waals surface area contributed by atoms with Crippen molar-refractivity contribution in [2.45, 2.75) is 81.3 Å². The molecule has 1 amide bonds. The van der Waals surface area contributed by atoms with E-state index in [1.165, 1.54) is 0 Å². The van der Waals surface area contributed by atoms with Gasteiger partial charge in [-0.1, -0.05) is 11.6 Å². The van der Waals surface area contributed by atoms with Crippen LogP contribution in [0.25, 0.3) is 0 Å². The molecule has 2 N–H and O–H groups in total. The zero-order chi connectivity index (χ0) is 25.4. The molecule has 0 unspecified atom stereocenters. The van der Waals surface area contributed by atoms with Gasteiger partial charge in [-0.2, -0.15) is 0 Å². The van der Waals surface area contributed by atoms with Crippen LogP contribution in [0.4, 0.5) is 13.2 Å². The molecule has 1 aromatic heterocycles. The van der Waals surface area contributed by atoms with Gasteiger partial charge < -0.3 is 24.3 Å². The number of carbonyl (C=O) groups excluding carboxylic acids is 1. The Balaban J connectivity index is 1.05. The van der Waals surface area contributed by atoms with Gasteiger partial charge in [0, 0.05) is 22.9 Å². The number of aliphatic hydroxyl groups excluding tert-OH is 1. The van der Waals surface area contributed by atoms with Crippen molar-refractivity contribution in [2.75, 3.05) is 6.61 Å². The van der Waals surface area contributed by atoms with Crippen molar-refractivity contribution in [3.63, 3.8) is 0 Å². The minimum atomic E-state index is -4.65. The van der Waals surface area contributed by atoms with Crippen LogP contribution >= 0.6 is 11.6 Å². The number of rotatable bonds is 6. The number of amides is 1. The fourth-order valence-corrected chi connectivity index (χ4v) is 4.94. The molecule has 13 heteroatoms. The molecule has 2 fully saturated rings. The minimum Gasteiger partial charge on any atom is -0.489 e. The quantitative estimate of drug-likeness (QED) is 0.572. The highest BCUT2D eigenvalue weighted by Gasteiger charge is 2.43. The SMILES string of the molecule is O=C(C[C@H]1C[C@@H](O)c2cc(Cl)ccc2O1)N[C@@H]1CC[C@@H](c2nnc(C3CC(OC(F)(F)F)C3)o2)OC1. The summed E-state index contributed by atoms with van der Waals surface area (Å²) in [6.45, 7) is 0.245. The van der Waals surface area contributed by atoms with E-state index >= 15 is 0 Å². The van der Waals surface area contributed by atoms with Crippen LogP contribution in [0.3, 0.4) is 0 Å². The van der Waals surface area contributed by atoms with Crippen LogP contribution < -0.4 is 10.1 Å². The van der Waals surface area contributed by atoms with Crippen molar-refractivity contribution in [1.82, 2.24) is 15.5 Å². The highest BCUT2D eigenvalue weighted by atomic mass is 35.5. The number of halogens is 4. The fraction of sp³-hybridized carbons (Fsp3) is 0.609. The molecule has 9 nitrogen and oxygen atoms in total. The highest BCUT2D eigenvalue weighted by Crippen LogP contribution is 2.41. The normalized spacial score (nSPS) is 30.1. The summed E-state index contributed by atoms with van der Waals surface area (Å²) in [5.41, 5.74) is 0.613. The Morgan fingerprint density at radius 3 is 2.69 bits per heavy atom. The molecule has 0 bridgehead atoms. The lowest BCUT2D eigenvalue weighted by molar-refractivity contribution is -0.352. The molecule has 1 saturated carbocycles. The van der Waals surface area contributed by atoms with Crippen molar-refractivity contribution >= 4 is 17.5 Å². The van der Waals surface area contributed by atoms with Crippen molar-refractivity contribution in [3.8, 4) is 5.75 Å². The Morgan fingerprint density at radius 2 is 1.97 bits per heavy atom. The molecule has 196 valence electrons. The monoisotopic (exact) mass is 531 g/mol. The van der Waals surface area contributed by atoms with Crippen LogP contribution in [0.5, 0.6) is 5.75 Å². The second kappa shape index (κ2) is 10.2. The van der Waals surface area contributed by atoms with Gasteiger partial charge in [-0.25, -0.2) is 0 Å². The van der Waals surface area contributed by atoms with E-state index in [0.29, 0.717) is 29.2 Å². The van der Waals surface area contributed by atoms with Gasteiger partial charge in [-0.05, 0) is 43.9 Å². The number of hydrogen-bond donors (Lipinski definition) is 2. The molecular formula is C23H25ClF3N3O6. The highest BCUT2D eigenvalue weighted by molar-refractivity contribution is 6.30. The predicted octanol–water partition coefficient (Wildman–Crippen LogP) is 4.12. The van der Waals surface area contributed by atoms with E-state index in [2.05, 4.69) is 20.3 Å². The van der Waals surface area contributed by atoms with E-state index in [1.807, 2.05) is 0 Å². The van der Waals surface area contributed by atoms with E-state index < -0.39 is 30.8 Å². The van der Waals surface area contributed by atoms with Crippen LogP contribution in [0.1, 0.15) is 74.0 Å². The number of hydrogen-bond acceptors (Lipinski definition) is 8. The third kappa shape index (κ3) is 5.93. The predicted molar refractivity (Wildman–Crippen MR) is 117 cm³/mol. The van der Waals surface area contributed by atoms with E-state index in [9.17, 15) is 23.1 Å². The van der Waals surface area contributed by atoms with Gasteiger partial charge in [-0.3, -0.25) is 9.53 Å². The summed E-state index contributed by atoms with van der Waals surface area (Å²) in [5.74, 6) is 0.600. The third-order valence-corrected chi connectivity index (χ3v) is 6.88. The number of aliphatic hydroxyl groups is 1. The van der Waals surface area contributed by atoms with Crippen LogP contribution in [-0.4, -0.2) is 52.4 Å². The number of benzene rings is 1. The molecule has 1 saturated heterocycles. The van der Waals surface area contributed by atoms with Crippen molar-refractivity contribution in [1.29, 1.82) is 0 Å². The van der Waals surface area contributed by atoms with E-state index in [-0.39, 0.29) is 61.9 Å². The Bertz CT molecular complexity index is 1090. The van der Waals surface area contributed by atoms with Gasteiger partial charge >= 0.3 is 6.36 Å². The van der Waals surface area contributed by atoms with Crippen LogP contribution in [0.2, 0.25) is 5.02 Å². The summed E-state index contributed by atoms with van der Waals surface area (Å²) >= 11 is 5.97. The standard InChI is InChI=1S/C23H25ClF3N3O6/c24-12-1-3-18-16(7-12)17(31)8-14(34-18)9-20(32)28-13-2-4-19(33-10-13)22-30-29-21(35-22)11-5-15(6-11)36-23(25,26)27/h1,3,7,11,13-15,17,19,31H,2,4-6,8-10H2,(H,28,32)/t11?,13-,14-,15?,17-,19+/m1/s1. The summed E-state index contributed by atoms with van der Waals surface area (Å²) in [7, 11) is 0. The van der Waals surface area contributed by atoms with Crippen LogP contribution in [0.15, 0.2) is 22.6 Å². The van der Waals surface area contributed by atoms with E-state index in [4.69, 9.17) is 25.5 Å². The Kier molecular flexibility index (Phi) is 7.12. The van der Waals surface area contributed by atoms with Crippen molar-refractivity contribution in [2.24, 2.45) is 0 Å². The Hall–Kier alpha value is -2.41. The first-order valence-electron chi connectivity index (χ1n) is 11.8. The largest absolute Gasteiger partial charge is 0.522 e. The number of aromatic nitrogens is 2. The van der Waals surface area contributed by atoms with Crippen LogP contribution in [0, 0.1) is 0 Å². The average Bonchev–Trinajstić information content (AvgIpc) is 3.26. The van der Waals surface area contributed by atoms with E-state index in [1.54, 1.807) is 18.2 Å². The van der Waals surface area contributed by atoms with Crippen molar-refractivity contribution in [3.05, 3.63) is 40.6 Å². The second-order valence-electron chi connectivity index (χ2n) is 9.37. The fourth-order valence-electron chi connectivity index (χ4n) is 4.76. The van der Waals surface area contributed by atoms with Crippen molar-refractivity contribution < 1.29 is 41.7 Å². The number of nitrogens with zero attached hydrogens (tertiary/aromatic N) is 2. The van der Waals surface area contributed by atoms with Gasteiger partial charge in [0.1, 0.15) is 18.0 Å². The number of ether oxygens (including phenoxy) is 3. The number of fused-ring (bicyclic) bond motifs is 1. The first-order chi connectivity index (χ1) is 17.1. The van der Waals surface area contributed by atoms with Gasteiger partial charge in [0.2, 0.25) is 17.7 Å². The number of alkyl halides is 3. The Morgan fingerprint density at radius 1 is 1.19 bits per heavy atom.